The van der Waals surface area contributed by atoms with Crippen molar-refractivity contribution in [1.29, 1.82) is 0 Å². The van der Waals surface area contributed by atoms with Crippen LogP contribution in [0.1, 0.15) is 50.7 Å². The van der Waals surface area contributed by atoms with E-state index in [4.69, 9.17) is 0 Å². The van der Waals surface area contributed by atoms with E-state index in [1.165, 1.54) is 36.8 Å². The van der Waals surface area contributed by atoms with Crippen LogP contribution in [-0.4, -0.2) is 24.0 Å². The van der Waals surface area contributed by atoms with Gasteiger partial charge in [-0.2, -0.15) is 0 Å². The fourth-order valence-corrected chi connectivity index (χ4v) is 2.39. The monoisotopic (exact) mass is 260 g/mol. The van der Waals surface area contributed by atoms with Crippen molar-refractivity contribution in [2.24, 2.45) is 0 Å². The molecule has 0 aromatic heterocycles. The van der Waals surface area contributed by atoms with E-state index < -0.39 is 0 Å². The van der Waals surface area contributed by atoms with E-state index in [1.807, 2.05) is 0 Å². The number of hydrogen-bond donors (Lipinski definition) is 1. The van der Waals surface area contributed by atoms with Gasteiger partial charge in [-0.3, -0.25) is 4.90 Å². The Morgan fingerprint density at radius 1 is 1.21 bits per heavy atom. The van der Waals surface area contributed by atoms with Crippen molar-refractivity contribution in [3.63, 3.8) is 0 Å². The third-order valence-corrected chi connectivity index (χ3v) is 4.09. The first kappa shape index (κ1) is 14.5. The zero-order valence-electron chi connectivity index (χ0n) is 12.7. The van der Waals surface area contributed by atoms with Crippen LogP contribution in [0, 0.1) is 0 Å². The van der Waals surface area contributed by atoms with Crippen molar-refractivity contribution in [3.8, 4) is 0 Å². The van der Waals surface area contributed by atoms with Crippen LogP contribution in [0.3, 0.4) is 0 Å². The minimum absolute atomic E-state index is 0.668. The normalized spacial score (nSPS) is 16.8. The highest BCUT2D eigenvalue weighted by molar-refractivity contribution is 5.22. The molecule has 0 heterocycles. The Balaban J connectivity index is 1.79. The first-order valence-electron chi connectivity index (χ1n) is 7.70. The molecule has 106 valence electrons. The van der Waals surface area contributed by atoms with Gasteiger partial charge in [-0.1, -0.05) is 37.6 Å². The molecule has 0 saturated heterocycles. The summed E-state index contributed by atoms with van der Waals surface area (Å²) >= 11 is 0. The lowest BCUT2D eigenvalue weighted by Gasteiger charge is -2.24. The Morgan fingerprint density at radius 3 is 2.42 bits per heavy atom. The third kappa shape index (κ3) is 4.96. The van der Waals surface area contributed by atoms with E-state index in [1.54, 1.807) is 0 Å². The van der Waals surface area contributed by atoms with Crippen molar-refractivity contribution >= 4 is 0 Å². The van der Waals surface area contributed by atoms with Crippen molar-refractivity contribution in [3.05, 3.63) is 35.4 Å². The molecule has 1 saturated carbocycles. The Bertz CT molecular complexity index is 367. The molecule has 0 spiro atoms. The Kier molecular flexibility index (Phi) is 5.41. The molecule has 0 bridgehead atoms. The summed E-state index contributed by atoms with van der Waals surface area (Å²) < 4.78 is 0. The maximum absolute atomic E-state index is 3.56. The zero-order chi connectivity index (χ0) is 13.7. The summed E-state index contributed by atoms with van der Waals surface area (Å²) in [5, 5.41) is 3.56. The van der Waals surface area contributed by atoms with E-state index in [0.717, 1.165) is 19.1 Å². The third-order valence-electron chi connectivity index (χ3n) is 4.09. The van der Waals surface area contributed by atoms with Crippen molar-refractivity contribution in [2.75, 3.05) is 7.05 Å². The van der Waals surface area contributed by atoms with Crippen LogP contribution >= 0.6 is 0 Å². The summed E-state index contributed by atoms with van der Waals surface area (Å²) in [5.74, 6) is 0. The molecule has 2 nitrogen and oxygen atoms in total. The lowest BCUT2D eigenvalue weighted by molar-refractivity contribution is 0.237. The van der Waals surface area contributed by atoms with Crippen molar-refractivity contribution < 1.29 is 0 Å². The molecule has 1 aromatic carbocycles. The molecule has 1 aliphatic carbocycles. The molecule has 1 N–H and O–H groups in total. The van der Waals surface area contributed by atoms with Crippen LogP contribution in [0.15, 0.2) is 24.3 Å². The van der Waals surface area contributed by atoms with Gasteiger partial charge in [0, 0.05) is 25.2 Å². The van der Waals surface area contributed by atoms with Gasteiger partial charge in [0.15, 0.2) is 0 Å². The molecule has 2 rings (SSSR count). The molecular formula is C17H28N2. The SMILES string of the molecule is CCCC(C)N(C)Cc1ccc(CNC2CC2)cc1. The van der Waals surface area contributed by atoms with Gasteiger partial charge in [-0.15, -0.1) is 0 Å². The molecule has 0 radical (unpaired) electrons. The zero-order valence-corrected chi connectivity index (χ0v) is 12.7. The van der Waals surface area contributed by atoms with Gasteiger partial charge in [-0.25, -0.2) is 0 Å². The fraction of sp³-hybridized carbons (Fsp3) is 0.647. The predicted octanol–water partition coefficient (Wildman–Crippen LogP) is 3.56. The van der Waals surface area contributed by atoms with Gasteiger partial charge in [0.2, 0.25) is 0 Å². The summed E-state index contributed by atoms with van der Waals surface area (Å²) in [6.07, 6.45) is 5.26. The first-order valence-corrected chi connectivity index (χ1v) is 7.70. The number of benzene rings is 1. The summed E-state index contributed by atoms with van der Waals surface area (Å²) in [6.45, 7) is 6.65. The van der Waals surface area contributed by atoms with E-state index in [-0.39, 0.29) is 0 Å². The Labute approximate surface area is 118 Å². The Hall–Kier alpha value is -0.860. The summed E-state index contributed by atoms with van der Waals surface area (Å²) in [4.78, 5) is 2.45. The van der Waals surface area contributed by atoms with Crippen LogP contribution in [0.5, 0.6) is 0 Å². The van der Waals surface area contributed by atoms with Gasteiger partial charge in [0.05, 0.1) is 0 Å². The van der Waals surface area contributed by atoms with Crippen molar-refractivity contribution in [1.82, 2.24) is 10.2 Å². The second kappa shape index (κ2) is 7.06. The van der Waals surface area contributed by atoms with Gasteiger partial charge < -0.3 is 5.32 Å². The average molecular weight is 260 g/mol. The van der Waals surface area contributed by atoms with Crippen LogP contribution in [-0.2, 0) is 13.1 Å². The first-order chi connectivity index (χ1) is 9.19. The van der Waals surface area contributed by atoms with Crippen LogP contribution < -0.4 is 5.32 Å². The molecular weight excluding hydrogens is 232 g/mol. The summed E-state index contributed by atoms with van der Waals surface area (Å²) in [6, 6.07) is 10.5. The topological polar surface area (TPSA) is 15.3 Å². The number of rotatable bonds is 8. The van der Waals surface area contributed by atoms with Gasteiger partial charge >= 0.3 is 0 Å². The van der Waals surface area contributed by atoms with E-state index in [0.29, 0.717) is 6.04 Å². The largest absolute Gasteiger partial charge is 0.310 e. The fourth-order valence-electron chi connectivity index (χ4n) is 2.39. The van der Waals surface area contributed by atoms with Gasteiger partial charge in [-0.05, 0) is 44.4 Å². The lowest BCUT2D eigenvalue weighted by atomic mass is 10.1. The van der Waals surface area contributed by atoms with Crippen molar-refractivity contribution in [2.45, 2.75) is 64.7 Å². The second-order valence-electron chi connectivity index (χ2n) is 6.02. The predicted molar refractivity (Wildman–Crippen MR) is 82.1 cm³/mol. The number of hydrogen-bond acceptors (Lipinski definition) is 2. The molecule has 0 amide bonds. The lowest BCUT2D eigenvalue weighted by Crippen LogP contribution is -2.28. The maximum atomic E-state index is 3.56. The molecule has 1 aliphatic rings. The molecule has 19 heavy (non-hydrogen) atoms. The Morgan fingerprint density at radius 2 is 1.84 bits per heavy atom. The van der Waals surface area contributed by atoms with E-state index in [9.17, 15) is 0 Å². The van der Waals surface area contributed by atoms with E-state index >= 15 is 0 Å². The maximum Gasteiger partial charge on any atom is 0.0233 e. The highest BCUT2D eigenvalue weighted by Crippen LogP contribution is 2.19. The standard InChI is InChI=1S/C17H28N2/c1-4-5-14(2)19(3)13-16-8-6-15(7-9-16)12-18-17-10-11-17/h6-9,14,17-18H,4-5,10-13H2,1-3H3. The molecule has 1 atom stereocenters. The summed E-state index contributed by atoms with van der Waals surface area (Å²) in [5.41, 5.74) is 2.82. The molecule has 1 aromatic rings. The second-order valence-corrected chi connectivity index (χ2v) is 6.02. The van der Waals surface area contributed by atoms with E-state index in [2.05, 4.69) is 55.4 Å². The molecule has 2 heteroatoms. The summed E-state index contributed by atoms with van der Waals surface area (Å²) in [7, 11) is 2.23. The molecule has 1 unspecified atom stereocenters. The highest BCUT2D eigenvalue weighted by atomic mass is 15.1. The quantitative estimate of drug-likeness (QED) is 0.769. The van der Waals surface area contributed by atoms with Crippen LogP contribution in [0.2, 0.25) is 0 Å². The number of nitrogens with zero attached hydrogens (tertiary/aromatic N) is 1. The van der Waals surface area contributed by atoms with Gasteiger partial charge in [0.25, 0.3) is 0 Å². The average Bonchev–Trinajstić information content (AvgIpc) is 3.22. The van der Waals surface area contributed by atoms with Crippen LogP contribution in [0.25, 0.3) is 0 Å². The number of nitrogens with one attached hydrogen (secondary N) is 1. The van der Waals surface area contributed by atoms with Gasteiger partial charge in [0.1, 0.15) is 0 Å². The smallest absolute Gasteiger partial charge is 0.0233 e. The molecule has 1 fully saturated rings. The highest BCUT2D eigenvalue weighted by Gasteiger charge is 2.19. The van der Waals surface area contributed by atoms with Crippen LogP contribution in [0.4, 0.5) is 0 Å². The molecule has 0 aliphatic heterocycles. The minimum Gasteiger partial charge on any atom is -0.310 e. The minimum atomic E-state index is 0.668.